The zero-order chi connectivity index (χ0) is 18.1. The molecule has 0 bridgehead atoms. The van der Waals surface area contributed by atoms with Crippen molar-refractivity contribution in [3.05, 3.63) is 82.0 Å². The van der Waals surface area contributed by atoms with Crippen molar-refractivity contribution in [3.8, 4) is 22.8 Å². The summed E-state index contributed by atoms with van der Waals surface area (Å²) in [6.07, 6.45) is 2.34. The number of benzene rings is 2. The summed E-state index contributed by atoms with van der Waals surface area (Å²) in [6.45, 7) is 0. The quantitative estimate of drug-likeness (QED) is 0.557. The van der Waals surface area contributed by atoms with Gasteiger partial charge in [0.15, 0.2) is 0 Å². The molecule has 6 heteroatoms. The molecule has 1 atom stereocenters. The smallest absolute Gasteiger partial charge is 0.311 e. The fourth-order valence-electron chi connectivity index (χ4n) is 3.18. The molecule has 0 aliphatic heterocycles. The number of aliphatic hydroxyl groups excluding tert-OH is 1. The average molecular weight is 348 g/mol. The molecule has 26 heavy (non-hydrogen) atoms. The topological polar surface area (TPSA) is 85.5 Å². The van der Waals surface area contributed by atoms with E-state index in [1.807, 2.05) is 30.3 Å². The number of ether oxygens (including phenoxy) is 1. The van der Waals surface area contributed by atoms with Gasteiger partial charge in [-0.25, -0.2) is 0 Å². The molecule has 1 aromatic heterocycles. The molecule has 130 valence electrons. The van der Waals surface area contributed by atoms with Crippen LogP contribution in [0.25, 0.3) is 11.3 Å². The predicted octanol–water partition coefficient (Wildman–Crippen LogP) is 4.43. The molecule has 1 N–H and O–H groups in total. The van der Waals surface area contributed by atoms with E-state index in [0.717, 1.165) is 16.8 Å². The molecule has 0 saturated heterocycles. The number of pyridine rings is 1. The van der Waals surface area contributed by atoms with Crippen LogP contribution < -0.4 is 4.74 Å². The van der Waals surface area contributed by atoms with Crippen molar-refractivity contribution in [2.45, 2.75) is 18.9 Å². The summed E-state index contributed by atoms with van der Waals surface area (Å²) in [5.74, 6) is 0.625. The van der Waals surface area contributed by atoms with E-state index in [1.54, 1.807) is 24.4 Å². The van der Waals surface area contributed by atoms with Crippen LogP contribution in [0.1, 0.15) is 23.7 Å². The molecule has 0 radical (unpaired) electrons. The van der Waals surface area contributed by atoms with E-state index in [-0.39, 0.29) is 11.4 Å². The van der Waals surface area contributed by atoms with Crippen molar-refractivity contribution < 1.29 is 14.8 Å². The van der Waals surface area contributed by atoms with Gasteiger partial charge in [0.2, 0.25) is 5.75 Å². The van der Waals surface area contributed by atoms with E-state index >= 15 is 0 Å². The lowest BCUT2D eigenvalue weighted by atomic mass is 10.1. The largest absolute Gasteiger partial charge is 0.450 e. The number of aliphatic hydroxyl groups is 1. The lowest BCUT2D eigenvalue weighted by molar-refractivity contribution is -0.385. The van der Waals surface area contributed by atoms with Gasteiger partial charge in [0.1, 0.15) is 5.75 Å². The number of aryl methyl sites for hydroxylation is 1. The van der Waals surface area contributed by atoms with Crippen molar-refractivity contribution in [2.24, 2.45) is 0 Å². The van der Waals surface area contributed by atoms with Crippen LogP contribution >= 0.6 is 0 Å². The normalized spacial score (nSPS) is 15.5. The van der Waals surface area contributed by atoms with Gasteiger partial charge in [-0.3, -0.25) is 15.1 Å². The van der Waals surface area contributed by atoms with Crippen molar-refractivity contribution in [1.82, 2.24) is 4.98 Å². The Morgan fingerprint density at radius 3 is 2.65 bits per heavy atom. The van der Waals surface area contributed by atoms with Crippen LogP contribution in [0.2, 0.25) is 0 Å². The van der Waals surface area contributed by atoms with Gasteiger partial charge < -0.3 is 9.84 Å². The van der Waals surface area contributed by atoms with Crippen LogP contribution in [0.5, 0.6) is 11.5 Å². The second kappa shape index (κ2) is 6.57. The SMILES string of the molecule is O=[N+]([O-])c1cc2c(cc1Oc1ccc(-c3ccccn3)cc1)C(O)CC2. The van der Waals surface area contributed by atoms with Gasteiger partial charge in [0.25, 0.3) is 0 Å². The highest BCUT2D eigenvalue weighted by Gasteiger charge is 2.27. The van der Waals surface area contributed by atoms with Crippen LogP contribution in [-0.4, -0.2) is 15.0 Å². The molecule has 0 spiro atoms. The van der Waals surface area contributed by atoms with Crippen LogP contribution in [0.3, 0.4) is 0 Å². The number of nitro benzene ring substituents is 1. The van der Waals surface area contributed by atoms with Gasteiger partial charge in [-0.2, -0.15) is 0 Å². The fourth-order valence-corrected chi connectivity index (χ4v) is 3.18. The molecular formula is C20H16N2O4. The fraction of sp³-hybridized carbons (Fsp3) is 0.150. The first-order valence-corrected chi connectivity index (χ1v) is 8.30. The summed E-state index contributed by atoms with van der Waals surface area (Å²) in [4.78, 5) is 15.2. The maximum absolute atomic E-state index is 11.4. The molecular weight excluding hydrogens is 332 g/mol. The lowest BCUT2D eigenvalue weighted by Gasteiger charge is -2.10. The van der Waals surface area contributed by atoms with Crippen molar-refractivity contribution in [3.63, 3.8) is 0 Å². The molecule has 6 nitrogen and oxygen atoms in total. The molecule has 0 amide bonds. The minimum absolute atomic E-state index is 0.0911. The third kappa shape index (κ3) is 3.02. The van der Waals surface area contributed by atoms with E-state index in [2.05, 4.69) is 4.98 Å². The predicted molar refractivity (Wildman–Crippen MR) is 96.1 cm³/mol. The number of nitrogens with zero attached hydrogens (tertiary/aromatic N) is 2. The van der Waals surface area contributed by atoms with Crippen molar-refractivity contribution in [1.29, 1.82) is 0 Å². The molecule has 1 heterocycles. The number of nitro groups is 1. The molecule has 1 aliphatic carbocycles. The van der Waals surface area contributed by atoms with E-state index in [9.17, 15) is 15.2 Å². The summed E-state index contributed by atoms with van der Waals surface area (Å²) in [6, 6.07) is 15.9. The molecule has 4 rings (SSSR count). The molecule has 0 fully saturated rings. The second-order valence-electron chi connectivity index (χ2n) is 6.17. The molecule has 1 aliphatic rings. The number of fused-ring (bicyclic) bond motifs is 1. The van der Waals surface area contributed by atoms with Gasteiger partial charge >= 0.3 is 5.69 Å². The number of hydrogen-bond donors (Lipinski definition) is 1. The standard InChI is InChI=1S/C20H16N2O4/c23-19-9-6-14-11-18(22(24)25)20(12-16(14)19)26-15-7-4-13(5-8-15)17-3-1-2-10-21-17/h1-5,7-8,10-12,19,23H,6,9H2. The third-order valence-corrected chi connectivity index (χ3v) is 4.51. The van der Waals surface area contributed by atoms with Crippen molar-refractivity contribution >= 4 is 5.69 Å². The minimum atomic E-state index is -0.598. The Morgan fingerprint density at radius 2 is 1.96 bits per heavy atom. The van der Waals surface area contributed by atoms with Crippen LogP contribution in [0, 0.1) is 10.1 Å². The lowest BCUT2D eigenvalue weighted by Crippen LogP contribution is -1.98. The third-order valence-electron chi connectivity index (χ3n) is 4.51. The van der Waals surface area contributed by atoms with Crippen LogP contribution in [0.15, 0.2) is 60.8 Å². The first kappa shape index (κ1) is 16.2. The summed E-state index contributed by atoms with van der Waals surface area (Å²) < 4.78 is 5.76. The Labute approximate surface area is 149 Å². The van der Waals surface area contributed by atoms with Gasteiger partial charge in [0, 0.05) is 17.8 Å². The Bertz CT molecular complexity index is 956. The van der Waals surface area contributed by atoms with Gasteiger partial charge in [0.05, 0.1) is 16.7 Å². The Morgan fingerprint density at radius 1 is 1.15 bits per heavy atom. The van der Waals surface area contributed by atoms with Crippen LogP contribution in [-0.2, 0) is 6.42 Å². The Hall–Kier alpha value is -3.25. The van der Waals surface area contributed by atoms with Gasteiger partial charge in [-0.15, -0.1) is 0 Å². The maximum Gasteiger partial charge on any atom is 0.311 e. The molecule has 2 aromatic carbocycles. The zero-order valence-electron chi connectivity index (χ0n) is 13.8. The van der Waals surface area contributed by atoms with E-state index in [4.69, 9.17) is 4.74 Å². The maximum atomic E-state index is 11.4. The highest BCUT2D eigenvalue weighted by molar-refractivity contribution is 5.60. The molecule has 3 aromatic rings. The summed E-state index contributed by atoms with van der Waals surface area (Å²) in [5, 5.41) is 21.4. The molecule has 1 unspecified atom stereocenters. The summed E-state index contributed by atoms with van der Waals surface area (Å²) in [7, 11) is 0. The monoisotopic (exact) mass is 348 g/mol. The number of hydrogen-bond acceptors (Lipinski definition) is 5. The first-order valence-electron chi connectivity index (χ1n) is 8.30. The van der Waals surface area contributed by atoms with Crippen LogP contribution in [0.4, 0.5) is 5.69 Å². The summed E-state index contributed by atoms with van der Waals surface area (Å²) in [5.41, 5.74) is 3.19. The number of rotatable bonds is 4. The zero-order valence-corrected chi connectivity index (χ0v) is 13.8. The van der Waals surface area contributed by atoms with Gasteiger partial charge in [-0.05, 0) is 66.4 Å². The van der Waals surface area contributed by atoms with Crippen molar-refractivity contribution in [2.75, 3.05) is 0 Å². The summed E-state index contributed by atoms with van der Waals surface area (Å²) >= 11 is 0. The van der Waals surface area contributed by atoms with Gasteiger partial charge in [-0.1, -0.05) is 6.07 Å². The number of aromatic nitrogens is 1. The van der Waals surface area contributed by atoms with E-state index < -0.39 is 11.0 Å². The van der Waals surface area contributed by atoms with E-state index in [0.29, 0.717) is 24.2 Å². The highest BCUT2D eigenvalue weighted by atomic mass is 16.6. The highest BCUT2D eigenvalue weighted by Crippen LogP contribution is 2.40. The minimum Gasteiger partial charge on any atom is -0.450 e. The Balaban J connectivity index is 1.65. The Kier molecular flexibility index (Phi) is 4.10. The van der Waals surface area contributed by atoms with E-state index in [1.165, 1.54) is 6.07 Å². The first-order chi connectivity index (χ1) is 12.6. The second-order valence-corrected chi connectivity index (χ2v) is 6.17. The average Bonchev–Trinajstić information content (AvgIpc) is 3.02. The molecule has 0 saturated carbocycles.